The lowest BCUT2D eigenvalue weighted by Gasteiger charge is -2.14. The third kappa shape index (κ3) is 1.10. The van der Waals surface area contributed by atoms with Crippen LogP contribution in [0.4, 0.5) is 0 Å². The molecule has 0 aromatic rings. The second-order valence-corrected chi connectivity index (χ2v) is 2.24. The molecule has 1 rings (SSSR count). The van der Waals surface area contributed by atoms with E-state index in [4.69, 9.17) is 0 Å². The monoisotopic (exact) mass is 138 g/mol. The highest BCUT2D eigenvalue weighted by molar-refractivity contribution is 5.92. The highest BCUT2D eigenvalue weighted by Gasteiger charge is 2.15. The van der Waals surface area contributed by atoms with Crippen LogP contribution in [0.5, 0.6) is 0 Å². The molecular formula is C8H10O2. The zero-order chi connectivity index (χ0) is 7.56. The molecule has 0 fully saturated rings. The molecule has 0 spiro atoms. The maximum Gasteiger partial charge on any atom is 0.337 e. The second-order valence-electron chi connectivity index (χ2n) is 2.24. The summed E-state index contributed by atoms with van der Waals surface area (Å²) < 4.78 is 4.49. The number of carbonyl (C=O) groups is 1. The maximum atomic E-state index is 10.8. The number of hydrogen-bond donors (Lipinski definition) is 0. The molecule has 0 heterocycles. The quantitative estimate of drug-likeness (QED) is 0.426. The number of allylic oxidation sites excluding steroid dienone is 1. The van der Waals surface area contributed by atoms with Crippen LogP contribution in [0.25, 0.3) is 0 Å². The van der Waals surface area contributed by atoms with E-state index < -0.39 is 0 Å². The Balaban J connectivity index is 2.57. The molecule has 54 valence electrons. The normalized spacial score (nSPS) is 15.1. The SMILES string of the molecule is C=C(C(=O)OC)C1=CCC1. The Bertz CT molecular complexity index is 201. The molecule has 0 amide bonds. The van der Waals surface area contributed by atoms with Gasteiger partial charge in [0.15, 0.2) is 0 Å². The fourth-order valence-electron chi connectivity index (χ4n) is 0.817. The van der Waals surface area contributed by atoms with Gasteiger partial charge < -0.3 is 4.74 Å². The summed E-state index contributed by atoms with van der Waals surface area (Å²) >= 11 is 0. The number of esters is 1. The van der Waals surface area contributed by atoms with E-state index in [2.05, 4.69) is 11.3 Å². The van der Waals surface area contributed by atoms with E-state index in [1.807, 2.05) is 6.08 Å². The van der Waals surface area contributed by atoms with Gasteiger partial charge in [0.1, 0.15) is 0 Å². The molecule has 10 heavy (non-hydrogen) atoms. The van der Waals surface area contributed by atoms with Crippen molar-refractivity contribution in [3.8, 4) is 0 Å². The molecule has 0 aliphatic heterocycles. The first-order valence-corrected chi connectivity index (χ1v) is 3.22. The third-order valence-electron chi connectivity index (χ3n) is 1.62. The van der Waals surface area contributed by atoms with E-state index in [9.17, 15) is 4.79 Å². The minimum absolute atomic E-state index is 0.314. The zero-order valence-corrected chi connectivity index (χ0v) is 6.02. The van der Waals surface area contributed by atoms with Crippen LogP contribution in [0.3, 0.4) is 0 Å². The fourth-order valence-corrected chi connectivity index (χ4v) is 0.817. The Kier molecular flexibility index (Phi) is 1.90. The molecule has 0 radical (unpaired) electrons. The summed E-state index contributed by atoms with van der Waals surface area (Å²) in [6.45, 7) is 3.60. The van der Waals surface area contributed by atoms with Crippen molar-refractivity contribution in [2.75, 3.05) is 7.11 Å². The van der Waals surface area contributed by atoms with Crippen LogP contribution in [0.15, 0.2) is 23.8 Å². The van der Waals surface area contributed by atoms with Gasteiger partial charge in [-0.1, -0.05) is 12.7 Å². The van der Waals surface area contributed by atoms with E-state index >= 15 is 0 Å². The first kappa shape index (κ1) is 7.06. The molecule has 0 saturated heterocycles. The van der Waals surface area contributed by atoms with E-state index in [0.717, 1.165) is 18.4 Å². The van der Waals surface area contributed by atoms with E-state index in [1.54, 1.807) is 0 Å². The van der Waals surface area contributed by atoms with Crippen LogP contribution in [0.1, 0.15) is 12.8 Å². The number of methoxy groups -OCH3 is 1. The minimum Gasteiger partial charge on any atom is -0.465 e. The highest BCUT2D eigenvalue weighted by atomic mass is 16.5. The molecule has 1 aliphatic carbocycles. The van der Waals surface area contributed by atoms with Gasteiger partial charge in [-0.15, -0.1) is 0 Å². The molecule has 2 nitrogen and oxygen atoms in total. The first-order chi connectivity index (χ1) is 4.75. The zero-order valence-electron chi connectivity index (χ0n) is 6.02. The van der Waals surface area contributed by atoms with Crippen LogP contribution in [-0.2, 0) is 9.53 Å². The Morgan fingerprint density at radius 1 is 1.80 bits per heavy atom. The molecule has 0 aromatic heterocycles. The number of rotatable bonds is 2. The standard InChI is InChI=1S/C8H10O2/c1-6(8(9)10-2)7-4-3-5-7/h4H,1,3,5H2,2H3. The summed E-state index contributed by atoms with van der Waals surface area (Å²) in [6, 6.07) is 0. The van der Waals surface area contributed by atoms with Gasteiger partial charge in [0.2, 0.25) is 0 Å². The molecule has 0 saturated carbocycles. The summed E-state index contributed by atoms with van der Waals surface area (Å²) in [6.07, 6.45) is 4.03. The van der Waals surface area contributed by atoms with Crippen LogP contribution < -0.4 is 0 Å². The predicted octanol–water partition coefficient (Wildman–Crippen LogP) is 1.44. The van der Waals surface area contributed by atoms with E-state index in [1.165, 1.54) is 7.11 Å². The van der Waals surface area contributed by atoms with E-state index in [-0.39, 0.29) is 5.97 Å². The van der Waals surface area contributed by atoms with Gasteiger partial charge in [-0.2, -0.15) is 0 Å². The highest BCUT2D eigenvalue weighted by Crippen LogP contribution is 2.24. The molecule has 0 bridgehead atoms. The van der Waals surface area contributed by atoms with Gasteiger partial charge in [0.25, 0.3) is 0 Å². The van der Waals surface area contributed by atoms with Crippen LogP contribution >= 0.6 is 0 Å². The van der Waals surface area contributed by atoms with Crippen molar-refractivity contribution >= 4 is 5.97 Å². The smallest absolute Gasteiger partial charge is 0.337 e. The van der Waals surface area contributed by atoms with Gasteiger partial charge in [0.05, 0.1) is 12.7 Å². The lowest BCUT2D eigenvalue weighted by molar-refractivity contribution is -0.135. The van der Waals surface area contributed by atoms with Crippen LogP contribution in [0, 0.1) is 0 Å². The summed E-state index contributed by atoms with van der Waals surface area (Å²) in [5.74, 6) is -0.314. The van der Waals surface area contributed by atoms with Gasteiger partial charge in [-0.3, -0.25) is 0 Å². The van der Waals surface area contributed by atoms with Gasteiger partial charge in [-0.25, -0.2) is 4.79 Å². The lowest BCUT2D eigenvalue weighted by Crippen LogP contribution is -2.09. The molecule has 1 aliphatic rings. The summed E-state index contributed by atoms with van der Waals surface area (Å²) in [7, 11) is 1.37. The Morgan fingerprint density at radius 3 is 2.70 bits per heavy atom. The molecule has 2 heteroatoms. The van der Waals surface area contributed by atoms with Gasteiger partial charge >= 0.3 is 5.97 Å². The van der Waals surface area contributed by atoms with Crippen molar-refractivity contribution in [1.82, 2.24) is 0 Å². The third-order valence-corrected chi connectivity index (χ3v) is 1.62. The number of hydrogen-bond acceptors (Lipinski definition) is 2. The van der Waals surface area contributed by atoms with Crippen molar-refractivity contribution in [2.24, 2.45) is 0 Å². The number of carbonyl (C=O) groups excluding carboxylic acids is 1. The summed E-state index contributed by atoms with van der Waals surface area (Å²) in [5, 5.41) is 0. The Morgan fingerprint density at radius 2 is 2.40 bits per heavy atom. The second kappa shape index (κ2) is 2.69. The van der Waals surface area contributed by atoms with Crippen molar-refractivity contribution in [3.05, 3.63) is 23.8 Å². The molecule has 0 N–H and O–H groups in total. The average molecular weight is 138 g/mol. The first-order valence-electron chi connectivity index (χ1n) is 3.22. The Labute approximate surface area is 60.2 Å². The average Bonchev–Trinajstić information content (AvgIpc) is 1.82. The van der Waals surface area contributed by atoms with Gasteiger partial charge in [-0.05, 0) is 18.4 Å². The van der Waals surface area contributed by atoms with Crippen LogP contribution in [-0.4, -0.2) is 13.1 Å². The molecular weight excluding hydrogens is 128 g/mol. The fraction of sp³-hybridized carbons (Fsp3) is 0.375. The van der Waals surface area contributed by atoms with E-state index in [0.29, 0.717) is 5.57 Å². The van der Waals surface area contributed by atoms with Crippen molar-refractivity contribution in [1.29, 1.82) is 0 Å². The Hall–Kier alpha value is -1.05. The largest absolute Gasteiger partial charge is 0.465 e. The van der Waals surface area contributed by atoms with Crippen LogP contribution in [0.2, 0.25) is 0 Å². The lowest BCUT2D eigenvalue weighted by atomic mass is 9.93. The number of ether oxygens (including phenoxy) is 1. The minimum atomic E-state index is -0.314. The summed E-state index contributed by atoms with van der Waals surface area (Å²) in [5.41, 5.74) is 1.54. The predicted molar refractivity (Wildman–Crippen MR) is 38.5 cm³/mol. The van der Waals surface area contributed by atoms with Crippen molar-refractivity contribution < 1.29 is 9.53 Å². The van der Waals surface area contributed by atoms with Crippen molar-refractivity contribution in [2.45, 2.75) is 12.8 Å². The maximum absolute atomic E-state index is 10.8. The molecule has 0 atom stereocenters. The van der Waals surface area contributed by atoms with Crippen molar-refractivity contribution in [3.63, 3.8) is 0 Å². The summed E-state index contributed by atoms with van der Waals surface area (Å²) in [4.78, 5) is 10.8. The topological polar surface area (TPSA) is 26.3 Å². The van der Waals surface area contributed by atoms with Gasteiger partial charge in [0, 0.05) is 0 Å². The molecule has 0 aromatic carbocycles. The molecule has 0 unspecified atom stereocenters.